The molecule has 0 bridgehead atoms. The van der Waals surface area contributed by atoms with Gasteiger partial charge in [0.05, 0.1) is 17.6 Å². The summed E-state index contributed by atoms with van der Waals surface area (Å²) in [6, 6.07) is 11.9. The molecule has 0 radical (unpaired) electrons. The molecule has 8 nitrogen and oxygen atoms in total. The molecule has 4 heterocycles. The Morgan fingerprint density at radius 2 is 1.97 bits per heavy atom. The maximum Gasteiger partial charge on any atom is 0.280 e. The first-order chi connectivity index (χ1) is 14.3. The number of nitrogens with one attached hydrogen (secondary N) is 1. The van der Waals surface area contributed by atoms with E-state index in [1.54, 1.807) is 27.8 Å². The summed E-state index contributed by atoms with van der Waals surface area (Å²) in [4.78, 5) is 20.0. The maximum absolute atomic E-state index is 13.0. The van der Waals surface area contributed by atoms with Crippen molar-refractivity contribution in [2.24, 2.45) is 0 Å². The molecule has 4 aromatic heterocycles. The predicted molar refractivity (Wildman–Crippen MR) is 110 cm³/mol. The van der Waals surface area contributed by atoms with Gasteiger partial charge in [0.25, 0.3) is 5.56 Å². The van der Waals surface area contributed by atoms with Crippen molar-refractivity contribution >= 4 is 16.7 Å². The molecule has 1 aromatic carbocycles. The highest BCUT2D eigenvalue weighted by Gasteiger charge is 2.18. The van der Waals surface area contributed by atoms with Crippen molar-refractivity contribution in [3.63, 3.8) is 0 Å². The summed E-state index contributed by atoms with van der Waals surface area (Å²) in [6.07, 6.45) is 6.62. The van der Waals surface area contributed by atoms with Crippen LogP contribution in [0, 0.1) is 0 Å². The molecule has 144 valence electrons. The highest BCUT2D eigenvalue weighted by atomic mass is 16.1. The van der Waals surface area contributed by atoms with Gasteiger partial charge in [-0.25, -0.2) is 9.50 Å². The first-order valence-electron chi connectivity index (χ1n) is 9.56. The average Bonchev–Trinajstić information content (AvgIpc) is 3.41. The Kier molecular flexibility index (Phi) is 4.16. The molecule has 0 atom stereocenters. The third-order valence-electron chi connectivity index (χ3n) is 5.10. The molecule has 0 unspecified atom stereocenters. The van der Waals surface area contributed by atoms with Gasteiger partial charge in [0.15, 0.2) is 11.2 Å². The van der Waals surface area contributed by atoms with Crippen LogP contribution >= 0.6 is 0 Å². The molecule has 0 amide bonds. The van der Waals surface area contributed by atoms with Gasteiger partial charge in [-0.1, -0.05) is 37.3 Å². The van der Waals surface area contributed by atoms with E-state index >= 15 is 0 Å². The topological polar surface area (TPSA) is 93.8 Å². The van der Waals surface area contributed by atoms with E-state index in [2.05, 4.69) is 27.1 Å². The van der Waals surface area contributed by atoms with E-state index in [1.165, 1.54) is 0 Å². The van der Waals surface area contributed by atoms with Crippen molar-refractivity contribution in [3.8, 4) is 11.1 Å². The fourth-order valence-electron chi connectivity index (χ4n) is 3.61. The van der Waals surface area contributed by atoms with Crippen molar-refractivity contribution in [3.05, 3.63) is 76.9 Å². The number of aromatic amines is 1. The minimum atomic E-state index is -0.175. The summed E-state index contributed by atoms with van der Waals surface area (Å²) in [5, 5.41) is 13.4. The first-order valence-corrected chi connectivity index (χ1v) is 9.56. The molecule has 0 saturated carbocycles. The largest absolute Gasteiger partial charge is 0.348 e. The van der Waals surface area contributed by atoms with Crippen LogP contribution in [-0.2, 0) is 19.4 Å². The number of pyridine rings is 1. The Hall–Kier alpha value is -3.81. The van der Waals surface area contributed by atoms with Gasteiger partial charge in [-0.15, -0.1) is 10.2 Å². The van der Waals surface area contributed by atoms with E-state index in [0.717, 1.165) is 28.9 Å². The fourth-order valence-corrected chi connectivity index (χ4v) is 3.61. The van der Waals surface area contributed by atoms with E-state index in [9.17, 15) is 4.79 Å². The van der Waals surface area contributed by atoms with Gasteiger partial charge in [-0.05, 0) is 18.1 Å². The number of benzene rings is 1. The second-order valence-corrected chi connectivity index (χ2v) is 6.85. The zero-order valence-corrected chi connectivity index (χ0v) is 15.9. The van der Waals surface area contributed by atoms with Gasteiger partial charge in [0.2, 0.25) is 0 Å². The van der Waals surface area contributed by atoms with Crippen LogP contribution in [-0.4, -0.2) is 34.3 Å². The van der Waals surface area contributed by atoms with Gasteiger partial charge < -0.3 is 9.55 Å². The summed E-state index contributed by atoms with van der Waals surface area (Å²) < 4.78 is 3.39. The van der Waals surface area contributed by atoms with Crippen LogP contribution < -0.4 is 5.56 Å². The van der Waals surface area contributed by atoms with Crippen molar-refractivity contribution in [1.29, 1.82) is 0 Å². The quantitative estimate of drug-likeness (QED) is 0.502. The van der Waals surface area contributed by atoms with Crippen LogP contribution in [0.2, 0.25) is 0 Å². The molecule has 5 aromatic rings. The number of imidazole rings is 1. The van der Waals surface area contributed by atoms with Crippen LogP contribution in [0.25, 0.3) is 27.8 Å². The number of fused-ring (bicyclic) bond motifs is 3. The van der Waals surface area contributed by atoms with Crippen molar-refractivity contribution in [2.45, 2.75) is 26.3 Å². The lowest BCUT2D eigenvalue weighted by atomic mass is 10.0. The number of H-pyrrole nitrogens is 1. The van der Waals surface area contributed by atoms with Crippen LogP contribution in [0.4, 0.5) is 0 Å². The Morgan fingerprint density at radius 3 is 2.72 bits per heavy atom. The molecular formula is C21H19N7O. The monoisotopic (exact) mass is 385 g/mol. The molecule has 29 heavy (non-hydrogen) atoms. The van der Waals surface area contributed by atoms with Crippen molar-refractivity contribution < 1.29 is 0 Å². The maximum atomic E-state index is 13.0. The van der Waals surface area contributed by atoms with Crippen LogP contribution in [0.3, 0.4) is 0 Å². The number of aromatic nitrogens is 7. The molecule has 0 spiro atoms. The fraction of sp³-hybridized carbons (Fsp3) is 0.190. The Labute approximate surface area is 165 Å². The Bertz CT molecular complexity index is 1350. The molecular weight excluding hydrogens is 366 g/mol. The first kappa shape index (κ1) is 17.3. The van der Waals surface area contributed by atoms with Crippen LogP contribution in [0.1, 0.15) is 18.3 Å². The number of rotatable bonds is 5. The number of hydrogen-bond donors (Lipinski definition) is 1. The molecule has 0 aliphatic heterocycles. The van der Waals surface area contributed by atoms with E-state index in [4.69, 9.17) is 5.10 Å². The minimum Gasteiger partial charge on any atom is -0.348 e. The average molecular weight is 385 g/mol. The summed E-state index contributed by atoms with van der Waals surface area (Å²) in [5.41, 5.74) is 5.38. The van der Waals surface area contributed by atoms with Crippen LogP contribution in [0.5, 0.6) is 0 Å². The van der Waals surface area contributed by atoms with Gasteiger partial charge >= 0.3 is 0 Å². The van der Waals surface area contributed by atoms with E-state index in [0.29, 0.717) is 29.6 Å². The number of hydrogen-bond acceptors (Lipinski definition) is 5. The Morgan fingerprint density at radius 1 is 1.10 bits per heavy atom. The highest BCUT2D eigenvalue weighted by molar-refractivity contribution is 5.84. The number of aryl methyl sites for hydroxylation is 3. The van der Waals surface area contributed by atoms with Gasteiger partial charge in [0.1, 0.15) is 5.52 Å². The van der Waals surface area contributed by atoms with Gasteiger partial charge in [-0.2, -0.15) is 5.10 Å². The lowest BCUT2D eigenvalue weighted by Gasteiger charge is -2.07. The second-order valence-electron chi connectivity index (χ2n) is 6.85. The molecule has 0 fully saturated rings. The Balaban J connectivity index is 1.65. The summed E-state index contributed by atoms with van der Waals surface area (Å²) in [5.74, 6) is 0. The van der Waals surface area contributed by atoms with Crippen LogP contribution in [0.15, 0.2) is 59.9 Å². The smallest absolute Gasteiger partial charge is 0.280 e. The van der Waals surface area contributed by atoms with Gasteiger partial charge in [-0.3, -0.25) is 4.79 Å². The lowest BCUT2D eigenvalue weighted by Crippen LogP contribution is -2.22. The van der Waals surface area contributed by atoms with E-state index in [-0.39, 0.29) is 5.56 Å². The highest BCUT2D eigenvalue weighted by Crippen LogP contribution is 2.28. The normalized spacial score (nSPS) is 11.5. The number of nitrogens with zero attached hydrogens (tertiary/aromatic N) is 6. The SMILES string of the molecule is CCc1nn2c(nnc3c(=O)n(CCc4cnc[nH]4)ccc32)c1-c1ccccc1. The standard InChI is InChI=1S/C21H19N7O/c1-2-16-18(14-6-4-3-5-7-14)20-25-24-19-17(28(20)26-16)9-11-27(21(19)29)10-8-15-12-22-13-23-15/h3-7,9,11-13H,2,8,10H2,1H3,(H,22,23). The van der Waals surface area contributed by atoms with Crippen molar-refractivity contribution in [2.75, 3.05) is 0 Å². The summed E-state index contributed by atoms with van der Waals surface area (Å²) >= 11 is 0. The summed E-state index contributed by atoms with van der Waals surface area (Å²) in [6.45, 7) is 2.59. The third-order valence-corrected chi connectivity index (χ3v) is 5.10. The molecule has 5 rings (SSSR count). The summed E-state index contributed by atoms with van der Waals surface area (Å²) in [7, 11) is 0. The second kappa shape index (κ2) is 6.97. The zero-order valence-electron chi connectivity index (χ0n) is 15.9. The molecule has 0 aliphatic carbocycles. The van der Waals surface area contributed by atoms with E-state index in [1.807, 2.05) is 36.4 Å². The lowest BCUT2D eigenvalue weighted by molar-refractivity contribution is 0.664. The zero-order chi connectivity index (χ0) is 19.8. The molecule has 0 aliphatic rings. The predicted octanol–water partition coefficient (Wildman–Crippen LogP) is 2.63. The van der Waals surface area contributed by atoms with Gasteiger partial charge in [0, 0.05) is 31.1 Å². The van der Waals surface area contributed by atoms with E-state index < -0.39 is 0 Å². The van der Waals surface area contributed by atoms with Crippen molar-refractivity contribution in [1.82, 2.24) is 34.3 Å². The molecule has 8 heteroatoms. The minimum absolute atomic E-state index is 0.175. The third kappa shape index (κ3) is 2.89. The molecule has 0 saturated heterocycles. The molecule has 1 N–H and O–H groups in total.